The predicted octanol–water partition coefficient (Wildman–Crippen LogP) is 6.26. The van der Waals surface area contributed by atoms with Crippen LogP contribution < -0.4 is 5.32 Å². The van der Waals surface area contributed by atoms with Gasteiger partial charge in [-0.2, -0.15) is 13.2 Å². The van der Waals surface area contributed by atoms with Crippen LogP contribution in [0.2, 0.25) is 10.0 Å². The fourth-order valence-electron chi connectivity index (χ4n) is 3.48. The summed E-state index contributed by atoms with van der Waals surface area (Å²) in [6.07, 6.45) is -4.31. The van der Waals surface area contributed by atoms with Crippen LogP contribution in [0.1, 0.15) is 42.0 Å². The number of nitrogens with zero attached hydrogens (tertiary/aromatic N) is 2. The smallest absolute Gasteiger partial charge is 0.374 e. The molecule has 1 heterocycles. The summed E-state index contributed by atoms with van der Waals surface area (Å²) in [4.78, 5) is 9.58. The summed E-state index contributed by atoms with van der Waals surface area (Å²) in [7, 11) is 1.78. The standard InChI is InChI=1S/C22H22Cl2F3N3O/c1-4-7-29-20(28-3)18-6-5-14(8-13(18)2)19-12-21(31-30-19,22(25,26)27)15-9-16(23)11-17(24)10-15/h5-6,8-11H,4,7,12H2,1-3H3,(H,28,29). The van der Waals surface area contributed by atoms with Crippen molar-refractivity contribution in [1.82, 2.24) is 5.32 Å². The molecule has 0 amide bonds. The van der Waals surface area contributed by atoms with Gasteiger partial charge in [-0.25, -0.2) is 0 Å². The number of halogens is 5. The van der Waals surface area contributed by atoms with Crippen LogP contribution >= 0.6 is 23.2 Å². The molecule has 1 aliphatic heterocycles. The summed E-state index contributed by atoms with van der Waals surface area (Å²) < 4.78 is 42.5. The fraction of sp³-hybridized carbons (Fsp3) is 0.364. The zero-order valence-corrected chi connectivity index (χ0v) is 18.8. The molecule has 9 heteroatoms. The zero-order chi connectivity index (χ0) is 22.8. The molecular formula is C22H22Cl2F3N3O. The Balaban J connectivity index is 1.96. The first-order valence-electron chi connectivity index (χ1n) is 9.73. The molecule has 31 heavy (non-hydrogen) atoms. The first-order chi connectivity index (χ1) is 14.6. The molecule has 0 saturated heterocycles. The zero-order valence-electron chi connectivity index (χ0n) is 17.3. The van der Waals surface area contributed by atoms with Gasteiger partial charge in [-0.1, -0.05) is 47.4 Å². The van der Waals surface area contributed by atoms with E-state index in [9.17, 15) is 13.2 Å². The third kappa shape index (κ3) is 4.67. The summed E-state index contributed by atoms with van der Waals surface area (Å²) in [5.41, 5.74) is -0.357. The molecule has 1 unspecified atom stereocenters. The molecule has 0 saturated carbocycles. The van der Waals surface area contributed by atoms with Gasteiger partial charge in [0.2, 0.25) is 0 Å². The molecule has 1 atom stereocenters. The SMILES string of the molecule is CCC/N=C(\NC)c1ccc(C2=NOC(c3cc(Cl)cc(Cl)c3)(C(F)(F)F)C2)cc1C. The molecule has 3 rings (SSSR count). The number of rotatable bonds is 5. The van der Waals surface area contributed by atoms with Crippen LogP contribution in [0.15, 0.2) is 46.5 Å². The Labute approximate surface area is 189 Å². The van der Waals surface area contributed by atoms with Crippen LogP contribution in [0, 0.1) is 6.92 Å². The van der Waals surface area contributed by atoms with Crippen LogP contribution in [-0.4, -0.2) is 31.3 Å². The Hall–Kier alpha value is -2.25. The third-order valence-electron chi connectivity index (χ3n) is 5.06. The number of alkyl halides is 3. The van der Waals surface area contributed by atoms with Crippen molar-refractivity contribution in [2.24, 2.45) is 10.1 Å². The number of oxime groups is 1. The summed E-state index contributed by atoms with van der Waals surface area (Å²) in [5, 5.41) is 7.07. The highest BCUT2D eigenvalue weighted by molar-refractivity contribution is 6.34. The molecule has 166 valence electrons. The van der Waals surface area contributed by atoms with Crippen LogP contribution in [0.25, 0.3) is 0 Å². The van der Waals surface area contributed by atoms with Gasteiger partial charge in [-0.15, -0.1) is 0 Å². The maximum absolute atomic E-state index is 14.2. The second kappa shape index (κ2) is 9.09. The first-order valence-corrected chi connectivity index (χ1v) is 10.5. The van der Waals surface area contributed by atoms with E-state index in [2.05, 4.69) is 15.5 Å². The van der Waals surface area contributed by atoms with E-state index in [0.717, 1.165) is 23.4 Å². The molecule has 0 aromatic heterocycles. The molecule has 1 N–H and O–H groups in total. The molecule has 2 aromatic rings. The van der Waals surface area contributed by atoms with E-state index < -0.39 is 18.2 Å². The predicted molar refractivity (Wildman–Crippen MR) is 118 cm³/mol. The second-order valence-electron chi connectivity index (χ2n) is 7.30. The lowest BCUT2D eigenvalue weighted by atomic mass is 9.86. The Morgan fingerprint density at radius 1 is 1.19 bits per heavy atom. The topological polar surface area (TPSA) is 46.0 Å². The maximum Gasteiger partial charge on any atom is 0.435 e. The van der Waals surface area contributed by atoms with Gasteiger partial charge in [0.05, 0.1) is 5.71 Å². The number of hydrogen-bond donors (Lipinski definition) is 1. The number of amidine groups is 1. The minimum atomic E-state index is -4.73. The lowest BCUT2D eigenvalue weighted by Crippen LogP contribution is -2.42. The van der Waals surface area contributed by atoms with Crippen molar-refractivity contribution in [3.63, 3.8) is 0 Å². The summed E-state index contributed by atoms with van der Waals surface area (Å²) in [6.45, 7) is 4.58. The highest BCUT2D eigenvalue weighted by Gasteiger charge is 2.62. The minimum absolute atomic E-state index is 0.0920. The average Bonchev–Trinajstić information content (AvgIpc) is 3.15. The number of aliphatic imine (C=N–C) groups is 1. The molecule has 4 nitrogen and oxygen atoms in total. The van der Waals surface area contributed by atoms with Gasteiger partial charge in [0.15, 0.2) is 0 Å². The molecule has 0 fully saturated rings. The van der Waals surface area contributed by atoms with Gasteiger partial charge in [-0.3, -0.25) is 4.99 Å². The van der Waals surface area contributed by atoms with Gasteiger partial charge in [0, 0.05) is 41.2 Å². The van der Waals surface area contributed by atoms with E-state index in [0.29, 0.717) is 12.1 Å². The molecule has 0 radical (unpaired) electrons. The Kier molecular flexibility index (Phi) is 6.86. The Bertz CT molecular complexity index is 1020. The Morgan fingerprint density at radius 3 is 2.42 bits per heavy atom. The number of hydrogen-bond acceptors (Lipinski definition) is 3. The largest absolute Gasteiger partial charge is 0.435 e. The van der Waals surface area contributed by atoms with Gasteiger partial charge in [-0.05, 0) is 48.7 Å². The van der Waals surface area contributed by atoms with Crippen molar-refractivity contribution in [2.45, 2.75) is 38.5 Å². The Morgan fingerprint density at radius 2 is 1.87 bits per heavy atom. The van der Waals surface area contributed by atoms with E-state index >= 15 is 0 Å². The van der Waals surface area contributed by atoms with E-state index in [1.807, 2.05) is 19.9 Å². The van der Waals surface area contributed by atoms with Crippen LogP contribution in [0.5, 0.6) is 0 Å². The molecular weight excluding hydrogens is 450 g/mol. The minimum Gasteiger partial charge on any atom is -0.374 e. The van der Waals surface area contributed by atoms with Crippen molar-refractivity contribution >= 4 is 34.7 Å². The van der Waals surface area contributed by atoms with E-state index in [1.165, 1.54) is 18.2 Å². The number of nitrogens with one attached hydrogen (secondary N) is 1. The molecule has 1 aliphatic rings. The quantitative estimate of drug-likeness (QED) is 0.413. The van der Waals surface area contributed by atoms with Gasteiger partial charge >= 0.3 is 6.18 Å². The number of aryl methyl sites for hydroxylation is 1. The van der Waals surface area contributed by atoms with E-state index in [4.69, 9.17) is 28.0 Å². The fourth-order valence-corrected chi connectivity index (χ4v) is 4.00. The molecule has 0 bridgehead atoms. The van der Waals surface area contributed by atoms with Gasteiger partial charge in [0.1, 0.15) is 5.84 Å². The maximum atomic E-state index is 14.2. The van der Waals surface area contributed by atoms with Gasteiger partial charge < -0.3 is 10.2 Å². The average molecular weight is 472 g/mol. The van der Waals surface area contributed by atoms with Crippen molar-refractivity contribution in [1.29, 1.82) is 0 Å². The van der Waals surface area contributed by atoms with Crippen molar-refractivity contribution in [2.75, 3.05) is 13.6 Å². The van der Waals surface area contributed by atoms with E-state index in [1.54, 1.807) is 19.2 Å². The lowest BCUT2D eigenvalue weighted by molar-refractivity contribution is -0.275. The van der Waals surface area contributed by atoms with E-state index in [-0.39, 0.29) is 21.3 Å². The van der Waals surface area contributed by atoms with Crippen LogP contribution in [0.3, 0.4) is 0 Å². The molecule has 2 aromatic carbocycles. The highest BCUT2D eigenvalue weighted by atomic mass is 35.5. The monoisotopic (exact) mass is 471 g/mol. The molecule has 0 spiro atoms. The van der Waals surface area contributed by atoms with Crippen LogP contribution in [-0.2, 0) is 10.4 Å². The summed E-state index contributed by atoms with van der Waals surface area (Å²) in [5.74, 6) is 0.730. The van der Waals surface area contributed by atoms with Crippen molar-refractivity contribution in [3.8, 4) is 0 Å². The summed E-state index contributed by atoms with van der Waals surface area (Å²) >= 11 is 11.9. The van der Waals surface area contributed by atoms with Gasteiger partial charge in [0.25, 0.3) is 5.60 Å². The third-order valence-corrected chi connectivity index (χ3v) is 5.50. The second-order valence-corrected chi connectivity index (χ2v) is 8.17. The normalized spacial score (nSPS) is 19.2. The number of benzene rings is 2. The van der Waals surface area contributed by atoms with Crippen molar-refractivity contribution < 1.29 is 18.0 Å². The molecule has 0 aliphatic carbocycles. The first kappa shape index (κ1) is 23.4. The highest BCUT2D eigenvalue weighted by Crippen LogP contribution is 2.49. The lowest BCUT2D eigenvalue weighted by Gasteiger charge is -2.29. The van der Waals surface area contributed by atoms with Crippen LogP contribution in [0.4, 0.5) is 13.2 Å². The summed E-state index contributed by atoms with van der Waals surface area (Å²) in [6, 6.07) is 9.11. The van der Waals surface area contributed by atoms with Crippen molar-refractivity contribution in [3.05, 3.63) is 68.7 Å².